The molecule has 2 unspecified atom stereocenters. The first kappa shape index (κ1) is 10.1. The molecule has 0 radical (unpaired) electrons. The molecule has 0 saturated heterocycles. The Balaban J connectivity index is 1.93. The predicted octanol–water partition coefficient (Wildman–Crippen LogP) is 1.15. The number of nitrogens with two attached hydrogens (primary N) is 1. The summed E-state index contributed by atoms with van der Waals surface area (Å²) in [5.41, 5.74) is 6.52. The Labute approximate surface area is 88.9 Å². The third-order valence-corrected chi connectivity index (χ3v) is 2.77. The van der Waals surface area contributed by atoms with Crippen LogP contribution in [0.25, 0.3) is 0 Å². The molecule has 0 spiro atoms. The highest BCUT2D eigenvalue weighted by molar-refractivity contribution is 5.92. The van der Waals surface area contributed by atoms with E-state index in [1.54, 1.807) is 18.5 Å². The molecule has 0 bridgehead atoms. The van der Waals surface area contributed by atoms with Gasteiger partial charge in [0, 0.05) is 18.2 Å². The van der Waals surface area contributed by atoms with E-state index >= 15 is 0 Å². The van der Waals surface area contributed by atoms with Crippen molar-refractivity contribution in [2.24, 2.45) is 11.7 Å². The molecule has 1 aromatic heterocycles. The minimum atomic E-state index is 0.0657. The zero-order valence-corrected chi connectivity index (χ0v) is 8.52. The van der Waals surface area contributed by atoms with Crippen molar-refractivity contribution < 1.29 is 4.79 Å². The maximum atomic E-state index is 11.8. The van der Waals surface area contributed by atoms with E-state index in [0.29, 0.717) is 0 Å². The lowest BCUT2D eigenvalue weighted by Crippen LogP contribution is -2.23. The minimum Gasteiger partial charge on any atom is -0.328 e. The van der Waals surface area contributed by atoms with Gasteiger partial charge in [0.15, 0.2) is 0 Å². The van der Waals surface area contributed by atoms with Gasteiger partial charge in [-0.2, -0.15) is 0 Å². The average Bonchev–Trinajstić information content (AvgIpc) is 2.66. The van der Waals surface area contributed by atoms with E-state index < -0.39 is 0 Å². The van der Waals surface area contributed by atoms with Crippen molar-refractivity contribution >= 4 is 11.6 Å². The van der Waals surface area contributed by atoms with Crippen molar-refractivity contribution in [2.75, 3.05) is 5.32 Å². The molecule has 80 valence electrons. The molecule has 0 aliphatic heterocycles. The first-order valence-corrected chi connectivity index (χ1v) is 5.22. The number of nitrogens with zero attached hydrogens (tertiary/aromatic N) is 1. The lowest BCUT2D eigenvalue weighted by molar-refractivity contribution is -0.119. The van der Waals surface area contributed by atoms with Gasteiger partial charge in [0.2, 0.25) is 5.91 Å². The largest absolute Gasteiger partial charge is 0.328 e. The van der Waals surface area contributed by atoms with Gasteiger partial charge in [-0.05, 0) is 31.4 Å². The second kappa shape index (κ2) is 4.40. The lowest BCUT2D eigenvalue weighted by atomic mass is 10.1. The molecule has 1 aliphatic rings. The fourth-order valence-corrected chi connectivity index (χ4v) is 1.94. The summed E-state index contributed by atoms with van der Waals surface area (Å²) in [4.78, 5) is 15.7. The number of amides is 1. The number of hydrogen-bond acceptors (Lipinski definition) is 3. The molecule has 1 saturated carbocycles. The highest BCUT2D eigenvalue weighted by atomic mass is 16.1. The van der Waals surface area contributed by atoms with Gasteiger partial charge in [-0.15, -0.1) is 0 Å². The number of carbonyl (C=O) groups is 1. The van der Waals surface area contributed by atoms with E-state index in [2.05, 4.69) is 10.3 Å². The molecule has 1 fully saturated rings. The van der Waals surface area contributed by atoms with Crippen molar-refractivity contribution in [1.29, 1.82) is 0 Å². The molecule has 1 heterocycles. The molecule has 2 rings (SSSR count). The van der Waals surface area contributed by atoms with Crippen LogP contribution in [-0.4, -0.2) is 16.9 Å². The summed E-state index contributed by atoms with van der Waals surface area (Å²) in [6.45, 7) is 0. The smallest absolute Gasteiger partial charge is 0.227 e. The van der Waals surface area contributed by atoms with Gasteiger partial charge < -0.3 is 11.1 Å². The standard InChI is InChI=1S/C11H15N3O/c12-9-4-3-8(6-9)11(15)14-10-2-1-5-13-7-10/h1-2,5,7-9H,3-4,6,12H2,(H,14,15). The Morgan fingerprint density at radius 1 is 1.53 bits per heavy atom. The maximum Gasteiger partial charge on any atom is 0.227 e. The number of nitrogens with one attached hydrogen (secondary N) is 1. The molecule has 2 atom stereocenters. The van der Waals surface area contributed by atoms with Gasteiger partial charge in [0.1, 0.15) is 0 Å². The van der Waals surface area contributed by atoms with E-state index in [4.69, 9.17) is 5.73 Å². The second-order valence-corrected chi connectivity index (χ2v) is 4.00. The van der Waals surface area contributed by atoms with E-state index in [1.165, 1.54) is 0 Å². The van der Waals surface area contributed by atoms with Gasteiger partial charge in [-0.1, -0.05) is 0 Å². The molecular formula is C11H15N3O. The number of pyridine rings is 1. The van der Waals surface area contributed by atoms with E-state index in [9.17, 15) is 4.79 Å². The Kier molecular flexibility index (Phi) is 2.97. The molecule has 1 aliphatic carbocycles. The van der Waals surface area contributed by atoms with E-state index in [-0.39, 0.29) is 17.9 Å². The van der Waals surface area contributed by atoms with Crippen LogP contribution in [-0.2, 0) is 4.79 Å². The predicted molar refractivity (Wildman–Crippen MR) is 58.2 cm³/mol. The summed E-state index contributed by atoms with van der Waals surface area (Å²) in [6, 6.07) is 3.82. The molecule has 3 N–H and O–H groups in total. The van der Waals surface area contributed by atoms with Gasteiger partial charge in [-0.25, -0.2) is 0 Å². The summed E-state index contributed by atoms with van der Waals surface area (Å²) in [6.07, 6.45) is 5.97. The fourth-order valence-electron chi connectivity index (χ4n) is 1.94. The molecule has 4 nitrogen and oxygen atoms in total. The Hall–Kier alpha value is -1.42. The highest BCUT2D eigenvalue weighted by Gasteiger charge is 2.27. The van der Waals surface area contributed by atoms with Crippen LogP contribution in [0.1, 0.15) is 19.3 Å². The SMILES string of the molecule is NC1CCC(C(=O)Nc2cccnc2)C1. The van der Waals surface area contributed by atoms with Gasteiger partial charge in [0.05, 0.1) is 11.9 Å². The molecule has 1 amide bonds. The molecule has 1 aromatic rings. The second-order valence-electron chi connectivity index (χ2n) is 4.00. The van der Waals surface area contributed by atoms with Crippen LogP contribution in [0.15, 0.2) is 24.5 Å². The van der Waals surface area contributed by atoms with Crippen LogP contribution in [0, 0.1) is 5.92 Å². The number of carbonyl (C=O) groups excluding carboxylic acids is 1. The van der Waals surface area contributed by atoms with Crippen molar-refractivity contribution in [1.82, 2.24) is 4.98 Å². The van der Waals surface area contributed by atoms with Crippen molar-refractivity contribution in [3.05, 3.63) is 24.5 Å². The van der Waals surface area contributed by atoms with Crippen LogP contribution in [0.4, 0.5) is 5.69 Å². The maximum absolute atomic E-state index is 11.8. The van der Waals surface area contributed by atoms with Crippen molar-refractivity contribution in [2.45, 2.75) is 25.3 Å². The number of hydrogen-bond donors (Lipinski definition) is 2. The average molecular weight is 205 g/mol. The highest BCUT2D eigenvalue weighted by Crippen LogP contribution is 2.25. The minimum absolute atomic E-state index is 0.0657. The monoisotopic (exact) mass is 205 g/mol. The first-order valence-electron chi connectivity index (χ1n) is 5.22. The molecular weight excluding hydrogens is 190 g/mol. The fraction of sp³-hybridized carbons (Fsp3) is 0.455. The normalized spacial score (nSPS) is 25.1. The van der Waals surface area contributed by atoms with Crippen LogP contribution < -0.4 is 11.1 Å². The third-order valence-electron chi connectivity index (χ3n) is 2.77. The molecule has 0 aromatic carbocycles. The van der Waals surface area contributed by atoms with Gasteiger partial charge >= 0.3 is 0 Å². The lowest BCUT2D eigenvalue weighted by Gasteiger charge is -2.09. The van der Waals surface area contributed by atoms with E-state index in [0.717, 1.165) is 24.9 Å². The van der Waals surface area contributed by atoms with Crippen LogP contribution in [0.2, 0.25) is 0 Å². The summed E-state index contributed by atoms with van der Waals surface area (Å²) in [5.74, 6) is 0.135. The Morgan fingerprint density at radius 2 is 2.40 bits per heavy atom. The van der Waals surface area contributed by atoms with Crippen LogP contribution >= 0.6 is 0 Å². The van der Waals surface area contributed by atoms with Crippen molar-refractivity contribution in [3.63, 3.8) is 0 Å². The third kappa shape index (κ3) is 2.53. The van der Waals surface area contributed by atoms with E-state index in [1.807, 2.05) is 6.07 Å². The summed E-state index contributed by atoms with van der Waals surface area (Å²) >= 11 is 0. The van der Waals surface area contributed by atoms with Gasteiger partial charge in [-0.3, -0.25) is 9.78 Å². The zero-order valence-electron chi connectivity index (χ0n) is 8.52. The molecule has 4 heteroatoms. The first-order chi connectivity index (χ1) is 7.25. The number of anilines is 1. The topological polar surface area (TPSA) is 68.0 Å². The number of rotatable bonds is 2. The van der Waals surface area contributed by atoms with Crippen molar-refractivity contribution in [3.8, 4) is 0 Å². The molecule has 15 heavy (non-hydrogen) atoms. The number of aromatic nitrogens is 1. The summed E-state index contributed by atoms with van der Waals surface area (Å²) < 4.78 is 0. The Bertz CT molecular complexity index is 339. The summed E-state index contributed by atoms with van der Waals surface area (Å²) in [5, 5.41) is 2.85. The quantitative estimate of drug-likeness (QED) is 0.761. The Morgan fingerprint density at radius 3 is 3.00 bits per heavy atom. The summed E-state index contributed by atoms with van der Waals surface area (Å²) in [7, 11) is 0. The zero-order chi connectivity index (χ0) is 10.7. The van der Waals surface area contributed by atoms with Crippen LogP contribution in [0.3, 0.4) is 0 Å². The van der Waals surface area contributed by atoms with Gasteiger partial charge in [0.25, 0.3) is 0 Å². The van der Waals surface area contributed by atoms with Crippen LogP contribution in [0.5, 0.6) is 0 Å².